The molecular weight excluding hydrogens is 203 g/mol. The number of aliphatic imine (C=N–C) groups is 1. The van der Waals surface area contributed by atoms with Crippen LogP contribution in [0, 0.1) is 12.7 Å². The number of benzene rings is 1. The van der Waals surface area contributed by atoms with Gasteiger partial charge in [0.15, 0.2) is 5.82 Å². The highest BCUT2D eigenvalue weighted by molar-refractivity contribution is 5.84. The third kappa shape index (κ3) is 2.60. The lowest BCUT2D eigenvalue weighted by Gasteiger charge is -2.15. The van der Waals surface area contributed by atoms with E-state index >= 15 is 0 Å². The predicted molar refractivity (Wildman–Crippen MR) is 68.5 cm³/mol. The van der Waals surface area contributed by atoms with E-state index in [4.69, 9.17) is 0 Å². The Balaban J connectivity index is 3.22. The lowest BCUT2D eigenvalue weighted by Crippen LogP contribution is -2.11. The largest absolute Gasteiger partial charge is 0.375 e. The van der Waals surface area contributed by atoms with Crippen LogP contribution >= 0.6 is 0 Å². The lowest BCUT2D eigenvalue weighted by atomic mass is 10.1. The van der Waals surface area contributed by atoms with E-state index in [2.05, 4.69) is 4.99 Å². The third-order valence-electron chi connectivity index (χ3n) is 2.64. The topological polar surface area (TPSA) is 15.6 Å². The Bertz CT molecular complexity index is 409. The fourth-order valence-electron chi connectivity index (χ4n) is 1.41. The minimum Gasteiger partial charge on any atom is -0.375 e. The summed E-state index contributed by atoms with van der Waals surface area (Å²) < 4.78 is 14.0. The van der Waals surface area contributed by atoms with Crippen molar-refractivity contribution < 1.29 is 4.39 Å². The minimum atomic E-state index is -0.185. The lowest BCUT2D eigenvalue weighted by molar-refractivity contribution is 0.617. The molecule has 0 aliphatic rings. The van der Waals surface area contributed by atoms with Crippen molar-refractivity contribution in [2.75, 3.05) is 19.0 Å². The fourth-order valence-corrected chi connectivity index (χ4v) is 1.41. The summed E-state index contributed by atoms with van der Waals surface area (Å²) in [6, 6.07) is 3.64. The average molecular weight is 222 g/mol. The molecule has 0 heterocycles. The van der Waals surface area contributed by atoms with Crippen molar-refractivity contribution in [3.63, 3.8) is 0 Å². The average Bonchev–Trinajstić information content (AvgIpc) is 2.24. The first-order chi connectivity index (χ1) is 7.47. The van der Waals surface area contributed by atoms with Gasteiger partial charge in [0.25, 0.3) is 0 Å². The summed E-state index contributed by atoms with van der Waals surface area (Å²) in [6.07, 6.45) is 0.885. The summed E-state index contributed by atoms with van der Waals surface area (Å²) in [5.41, 5.74) is 2.95. The van der Waals surface area contributed by atoms with Crippen LogP contribution in [0.15, 0.2) is 17.1 Å². The maximum Gasteiger partial charge on any atom is 0.151 e. The van der Waals surface area contributed by atoms with Crippen LogP contribution in [0.25, 0.3) is 0 Å². The third-order valence-corrected chi connectivity index (χ3v) is 2.64. The first-order valence-electron chi connectivity index (χ1n) is 5.48. The number of hydrogen-bond donors (Lipinski definition) is 0. The summed E-state index contributed by atoms with van der Waals surface area (Å²) in [7, 11) is 3.66. The van der Waals surface area contributed by atoms with Crippen LogP contribution in [0.4, 0.5) is 15.8 Å². The first kappa shape index (κ1) is 12.7. The molecule has 1 rings (SSSR count). The Morgan fingerprint density at radius 2 is 2.00 bits per heavy atom. The van der Waals surface area contributed by atoms with Crippen LogP contribution in [0.5, 0.6) is 0 Å². The monoisotopic (exact) mass is 222 g/mol. The van der Waals surface area contributed by atoms with Crippen LogP contribution in [0.3, 0.4) is 0 Å². The van der Waals surface area contributed by atoms with Crippen molar-refractivity contribution in [1.82, 2.24) is 0 Å². The van der Waals surface area contributed by atoms with E-state index < -0.39 is 0 Å². The molecule has 0 radical (unpaired) electrons. The van der Waals surface area contributed by atoms with Gasteiger partial charge in [-0.1, -0.05) is 6.92 Å². The smallest absolute Gasteiger partial charge is 0.151 e. The zero-order chi connectivity index (χ0) is 12.3. The second-order valence-corrected chi connectivity index (χ2v) is 4.14. The minimum absolute atomic E-state index is 0.185. The summed E-state index contributed by atoms with van der Waals surface area (Å²) in [5, 5.41) is 0. The Labute approximate surface area is 96.8 Å². The Morgan fingerprint density at radius 1 is 1.38 bits per heavy atom. The molecule has 0 saturated carbocycles. The molecule has 16 heavy (non-hydrogen) atoms. The second kappa shape index (κ2) is 5.10. The first-order valence-corrected chi connectivity index (χ1v) is 5.48. The van der Waals surface area contributed by atoms with Crippen LogP contribution in [0.1, 0.15) is 25.8 Å². The number of hydrogen-bond acceptors (Lipinski definition) is 2. The van der Waals surface area contributed by atoms with Crippen molar-refractivity contribution in [2.24, 2.45) is 4.99 Å². The molecule has 1 aromatic carbocycles. The summed E-state index contributed by atoms with van der Waals surface area (Å²) in [4.78, 5) is 6.16. The van der Waals surface area contributed by atoms with Gasteiger partial charge in [0.1, 0.15) is 0 Å². The predicted octanol–water partition coefficient (Wildman–Crippen LogP) is 3.70. The maximum atomic E-state index is 14.0. The van der Waals surface area contributed by atoms with Gasteiger partial charge in [0.05, 0.1) is 11.4 Å². The van der Waals surface area contributed by atoms with E-state index in [0.29, 0.717) is 11.3 Å². The van der Waals surface area contributed by atoms with E-state index in [0.717, 1.165) is 17.8 Å². The number of anilines is 1. The molecule has 0 aliphatic heterocycles. The van der Waals surface area contributed by atoms with Gasteiger partial charge in [-0.3, -0.25) is 4.99 Å². The molecule has 3 heteroatoms. The van der Waals surface area contributed by atoms with Gasteiger partial charge in [0, 0.05) is 25.4 Å². The van der Waals surface area contributed by atoms with Crippen molar-refractivity contribution in [1.29, 1.82) is 0 Å². The molecule has 0 amide bonds. The van der Waals surface area contributed by atoms with Crippen LogP contribution in [-0.4, -0.2) is 19.8 Å². The molecule has 0 unspecified atom stereocenters. The van der Waals surface area contributed by atoms with E-state index in [1.165, 1.54) is 0 Å². The van der Waals surface area contributed by atoms with E-state index in [1.807, 2.05) is 34.0 Å². The molecule has 0 aliphatic carbocycles. The van der Waals surface area contributed by atoms with E-state index in [1.54, 1.807) is 17.9 Å². The van der Waals surface area contributed by atoms with Gasteiger partial charge in [-0.15, -0.1) is 0 Å². The molecule has 88 valence electrons. The standard InChI is InChI=1S/C13H19FN2/c1-6-9(2)15-11-7-8-12(16(4)5)13(14)10(11)3/h7-8H,6H2,1-5H3. The van der Waals surface area contributed by atoms with Gasteiger partial charge >= 0.3 is 0 Å². The molecule has 2 nitrogen and oxygen atoms in total. The van der Waals surface area contributed by atoms with E-state index in [-0.39, 0.29) is 5.82 Å². The Kier molecular flexibility index (Phi) is 4.05. The quantitative estimate of drug-likeness (QED) is 0.712. The van der Waals surface area contributed by atoms with Gasteiger partial charge < -0.3 is 4.90 Å². The Hall–Kier alpha value is -1.38. The van der Waals surface area contributed by atoms with E-state index in [9.17, 15) is 4.39 Å². The highest BCUT2D eigenvalue weighted by atomic mass is 19.1. The zero-order valence-electron chi connectivity index (χ0n) is 10.6. The van der Waals surface area contributed by atoms with Crippen LogP contribution in [-0.2, 0) is 0 Å². The summed E-state index contributed by atoms with van der Waals surface area (Å²) in [5.74, 6) is -0.185. The molecule has 0 atom stereocenters. The molecule has 0 spiro atoms. The Morgan fingerprint density at radius 3 is 2.50 bits per heavy atom. The van der Waals surface area contributed by atoms with Gasteiger partial charge in [-0.2, -0.15) is 0 Å². The SMILES string of the molecule is CCC(C)=Nc1ccc(N(C)C)c(F)c1C. The van der Waals surface area contributed by atoms with Crippen LogP contribution < -0.4 is 4.90 Å². The number of nitrogens with zero attached hydrogens (tertiary/aromatic N) is 2. The normalized spacial score (nSPS) is 11.8. The van der Waals surface area contributed by atoms with Crippen LogP contribution in [0.2, 0.25) is 0 Å². The second-order valence-electron chi connectivity index (χ2n) is 4.14. The molecule has 0 fully saturated rings. The summed E-state index contributed by atoms with van der Waals surface area (Å²) >= 11 is 0. The number of rotatable bonds is 3. The summed E-state index contributed by atoms with van der Waals surface area (Å²) in [6.45, 7) is 5.76. The zero-order valence-corrected chi connectivity index (χ0v) is 10.6. The highest BCUT2D eigenvalue weighted by Gasteiger charge is 2.10. The number of halogens is 1. The van der Waals surface area contributed by atoms with Crippen molar-refractivity contribution in [3.05, 3.63) is 23.5 Å². The van der Waals surface area contributed by atoms with Crippen molar-refractivity contribution >= 4 is 17.1 Å². The fraction of sp³-hybridized carbons (Fsp3) is 0.462. The molecule has 0 bridgehead atoms. The van der Waals surface area contributed by atoms with Crippen molar-refractivity contribution in [2.45, 2.75) is 27.2 Å². The van der Waals surface area contributed by atoms with Gasteiger partial charge in [-0.05, 0) is 32.4 Å². The molecule has 0 N–H and O–H groups in total. The maximum absolute atomic E-state index is 14.0. The van der Waals surface area contributed by atoms with Gasteiger partial charge in [0.2, 0.25) is 0 Å². The van der Waals surface area contributed by atoms with Crippen molar-refractivity contribution in [3.8, 4) is 0 Å². The highest BCUT2D eigenvalue weighted by Crippen LogP contribution is 2.28. The molecule has 0 saturated heterocycles. The van der Waals surface area contributed by atoms with Gasteiger partial charge in [-0.25, -0.2) is 4.39 Å². The molecular formula is C13H19FN2. The molecule has 0 aromatic heterocycles. The molecule has 1 aromatic rings.